The Bertz CT molecular complexity index is 350. The highest BCUT2D eigenvalue weighted by Gasteiger charge is 2.23. The molecule has 0 aliphatic carbocycles. The summed E-state index contributed by atoms with van der Waals surface area (Å²) in [6, 6.07) is 0. The van der Waals surface area contributed by atoms with Gasteiger partial charge in [0.05, 0.1) is 13.2 Å². The van der Waals surface area contributed by atoms with Crippen molar-refractivity contribution in [2.75, 3.05) is 6.61 Å². The molecular formula is C13H20OS. The molecule has 84 valence electrons. The number of rotatable bonds is 2. The summed E-state index contributed by atoms with van der Waals surface area (Å²) in [5, 5.41) is 0. The fourth-order valence-electron chi connectivity index (χ4n) is 2.34. The molecule has 0 aromatic carbocycles. The molecule has 1 aromatic rings. The summed E-state index contributed by atoms with van der Waals surface area (Å²) in [6.07, 6.45) is 1.12. The van der Waals surface area contributed by atoms with Gasteiger partial charge in [-0.1, -0.05) is 27.7 Å². The predicted molar refractivity (Wildman–Crippen MR) is 65.9 cm³/mol. The molecule has 2 heteroatoms. The second-order valence-corrected chi connectivity index (χ2v) is 6.03. The lowest BCUT2D eigenvalue weighted by Gasteiger charge is -2.16. The average molecular weight is 224 g/mol. The largest absolute Gasteiger partial charge is 0.376 e. The third-order valence-corrected chi connectivity index (χ3v) is 4.51. The van der Waals surface area contributed by atoms with Gasteiger partial charge in [-0.05, 0) is 29.4 Å². The van der Waals surface area contributed by atoms with Gasteiger partial charge in [0, 0.05) is 9.75 Å². The van der Waals surface area contributed by atoms with E-state index in [1.54, 1.807) is 16.0 Å². The van der Waals surface area contributed by atoms with Crippen LogP contribution in [0.15, 0.2) is 0 Å². The third kappa shape index (κ3) is 1.98. The molecular weight excluding hydrogens is 204 g/mol. The Hall–Kier alpha value is -0.340. The topological polar surface area (TPSA) is 9.23 Å². The van der Waals surface area contributed by atoms with Crippen LogP contribution in [0.1, 0.15) is 60.4 Å². The summed E-state index contributed by atoms with van der Waals surface area (Å²) in [6.45, 7) is 11.0. The van der Waals surface area contributed by atoms with Crippen LogP contribution in [0.2, 0.25) is 0 Å². The first-order valence-corrected chi connectivity index (χ1v) is 6.65. The van der Waals surface area contributed by atoms with E-state index in [-0.39, 0.29) is 0 Å². The lowest BCUT2D eigenvalue weighted by molar-refractivity contribution is 0.113. The molecule has 1 aliphatic heterocycles. The first-order valence-electron chi connectivity index (χ1n) is 5.83. The molecule has 0 fully saturated rings. The predicted octanol–water partition coefficient (Wildman–Crippen LogP) is 4.07. The lowest BCUT2D eigenvalue weighted by atomic mass is 9.92. The molecule has 0 radical (unpaired) electrons. The van der Waals surface area contributed by atoms with Crippen LogP contribution in [0.5, 0.6) is 0 Å². The molecule has 0 saturated heterocycles. The maximum atomic E-state index is 5.53. The van der Waals surface area contributed by atoms with Gasteiger partial charge >= 0.3 is 0 Å². The fourth-order valence-corrected chi connectivity index (χ4v) is 3.79. The zero-order valence-corrected chi connectivity index (χ0v) is 10.9. The van der Waals surface area contributed by atoms with Crippen molar-refractivity contribution >= 4 is 11.3 Å². The van der Waals surface area contributed by atoms with Gasteiger partial charge < -0.3 is 4.74 Å². The van der Waals surface area contributed by atoms with E-state index >= 15 is 0 Å². The number of hydrogen-bond donors (Lipinski definition) is 0. The maximum Gasteiger partial charge on any atom is 0.0812 e. The number of thiophene rings is 1. The van der Waals surface area contributed by atoms with Gasteiger partial charge in [-0.2, -0.15) is 0 Å². The van der Waals surface area contributed by atoms with E-state index < -0.39 is 0 Å². The van der Waals surface area contributed by atoms with E-state index in [0.717, 1.165) is 19.6 Å². The minimum absolute atomic E-state index is 0.651. The zero-order chi connectivity index (χ0) is 11.0. The van der Waals surface area contributed by atoms with Crippen molar-refractivity contribution in [1.29, 1.82) is 0 Å². The van der Waals surface area contributed by atoms with Crippen LogP contribution in [-0.4, -0.2) is 6.61 Å². The number of hydrogen-bond acceptors (Lipinski definition) is 2. The van der Waals surface area contributed by atoms with Crippen molar-refractivity contribution in [3.63, 3.8) is 0 Å². The van der Waals surface area contributed by atoms with Gasteiger partial charge in [-0.15, -0.1) is 11.3 Å². The highest BCUT2D eigenvalue weighted by molar-refractivity contribution is 7.12. The molecule has 2 rings (SSSR count). The van der Waals surface area contributed by atoms with Gasteiger partial charge in [0.1, 0.15) is 0 Å². The molecule has 1 aromatic heterocycles. The summed E-state index contributed by atoms with van der Waals surface area (Å²) < 4.78 is 5.53. The molecule has 0 N–H and O–H groups in total. The molecule has 0 unspecified atom stereocenters. The summed E-state index contributed by atoms with van der Waals surface area (Å²) in [4.78, 5) is 3.06. The highest BCUT2D eigenvalue weighted by Crippen LogP contribution is 2.40. The molecule has 0 spiro atoms. The standard InChI is InChI=1S/C13H20OS/c1-8(2)12-10-5-6-14-7-11(10)15-13(12)9(3)4/h8-9H,5-7H2,1-4H3. The zero-order valence-electron chi connectivity index (χ0n) is 10.1. The van der Waals surface area contributed by atoms with Gasteiger partial charge in [-0.25, -0.2) is 0 Å². The summed E-state index contributed by atoms with van der Waals surface area (Å²) in [7, 11) is 0. The molecule has 0 amide bonds. The molecule has 0 bridgehead atoms. The van der Waals surface area contributed by atoms with Crippen molar-refractivity contribution in [1.82, 2.24) is 0 Å². The number of fused-ring (bicyclic) bond motifs is 1. The Morgan fingerprint density at radius 2 is 1.87 bits per heavy atom. The van der Waals surface area contributed by atoms with Crippen LogP contribution in [0.25, 0.3) is 0 Å². The quantitative estimate of drug-likeness (QED) is 0.736. The fraction of sp³-hybridized carbons (Fsp3) is 0.692. The average Bonchev–Trinajstić information content (AvgIpc) is 2.56. The molecule has 0 saturated carbocycles. The summed E-state index contributed by atoms with van der Waals surface area (Å²) >= 11 is 1.97. The highest BCUT2D eigenvalue weighted by atomic mass is 32.1. The SMILES string of the molecule is CC(C)c1sc2c(c1C(C)C)CCOC2. The van der Waals surface area contributed by atoms with Crippen molar-refractivity contribution in [3.8, 4) is 0 Å². The van der Waals surface area contributed by atoms with Crippen LogP contribution in [-0.2, 0) is 17.8 Å². The minimum Gasteiger partial charge on any atom is -0.376 e. The molecule has 15 heavy (non-hydrogen) atoms. The summed E-state index contributed by atoms with van der Waals surface area (Å²) in [5.74, 6) is 1.30. The van der Waals surface area contributed by atoms with E-state index in [1.165, 1.54) is 4.88 Å². The van der Waals surface area contributed by atoms with Crippen LogP contribution in [0, 0.1) is 0 Å². The first kappa shape index (κ1) is 11.2. The Kier molecular flexibility index (Phi) is 3.17. The van der Waals surface area contributed by atoms with Crippen LogP contribution in [0.3, 0.4) is 0 Å². The Morgan fingerprint density at radius 3 is 2.47 bits per heavy atom. The Balaban J connectivity index is 2.51. The normalized spacial score (nSPS) is 16.1. The van der Waals surface area contributed by atoms with Gasteiger partial charge in [0.2, 0.25) is 0 Å². The Labute approximate surface area is 96.5 Å². The van der Waals surface area contributed by atoms with E-state index in [2.05, 4.69) is 27.7 Å². The third-order valence-electron chi connectivity index (χ3n) is 2.99. The van der Waals surface area contributed by atoms with Crippen molar-refractivity contribution in [3.05, 3.63) is 20.9 Å². The van der Waals surface area contributed by atoms with E-state index in [9.17, 15) is 0 Å². The van der Waals surface area contributed by atoms with Crippen molar-refractivity contribution in [2.45, 2.75) is 52.6 Å². The van der Waals surface area contributed by atoms with Crippen molar-refractivity contribution in [2.24, 2.45) is 0 Å². The minimum atomic E-state index is 0.651. The molecule has 1 aliphatic rings. The maximum absolute atomic E-state index is 5.53. The number of ether oxygens (including phenoxy) is 1. The lowest BCUT2D eigenvalue weighted by Crippen LogP contribution is -2.09. The molecule has 0 atom stereocenters. The first-order chi connectivity index (χ1) is 7.11. The van der Waals surface area contributed by atoms with E-state index in [1.807, 2.05) is 11.3 Å². The van der Waals surface area contributed by atoms with Gasteiger partial charge in [0.15, 0.2) is 0 Å². The second-order valence-electron chi connectivity index (χ2n) is 4.89. The second kappa shape index (κ2) is 4.26. The Morgan fingerprint density at radius 1 is 1.13 bits per heavy atom. The van der Waals surface area contributed by atoms with E-state index in [0.29, 0.717) is 11.8 Å². The molecule has 2 heterocycles. The smallest absolute Gasteiger partial charge is 0.0812 e. The van der Waals surface area contributed by atoms with E-state index in [4.69, 9.17) is 4.74 Å². The monoisotopic (exact) mass is 224 g/mol. The van der Waals surface area contributed by atoms with Crippen LogP contribution >= 0.6 is 11.3 Å². The molecule has 1 nitrogen and oxygen atoms in total. The van der Waals surface area contributed by atoms with Gasteiger partial charge in [0.25, 0.3) is 0 Å². The van der Waals surface area contributed by atoms with Gasteiger partial charge in [-0.3, -0.25) is 0 Å². The van der Waals surface area contributed by atoms with Crippen LogP contribution in [0.4, 0.5) is 0 Å². The summed E-state index contributed by atoms with van der Waals surface area (Å²) in [5.41, 5.74) is 3.22. The van der Waals surface area contributed by atoms with Crippen molar-refractivity contribution < 1.29 is 4.74 Å². The van der Waals surface area contributed by atoms with Crippen LogP contribution < -0.4 is 0 Å².